The molecule has 3 aromatic rings. The average Bonchev–Trinajstić information content (AvgIpc) is 3.03. The van der Waals surface area contributed by atoms with Gasteiger partial charge in [-0.05, 0) is 106 Å². The van der Waals surface area contributed by atoms with Gasteiger partial charge in [-0.15, -0.1) is 0 Å². The van der Waals surface area contributed by atoms with Crippen molar-refractivity contribution in [2.75, 3.05) is 19.3 Å². The molecule has 49 heavy (non-hydrogen) atoms. The Morgan fingerprint density at radius 2 is 1.63 bits per heavy atom. The number of aliphatic hydroxyl groups is 1. The van der Waals surface area contributed by atoms with Gasteiger partial charge < -0.3 is 19.5 Å². The minimum atomic E-state index is -3.75. The second kappa shape index (κ2) is 16.3. The Morgan fingerprint density at radius 3 is 2.22 bits per heavy atom. The first-order chi connectivity index (χ1) is 23.1. The summed E-state index contributed by atoms with van der Waals surface area (Å²) in [5, 5.41) is 21.9. The third-order valence-corrected chi connectivity index (χ3v) is 8.62. The van der Waals surface area contributed by atoms with Crippen molar-refractivity contribution in [2.24, 2.45) is 0 Å². The van der Waals surface area contributed by atoms with Gasteiger partial charge in [-0.25, -0.2) is 17.9 Å². The average molecular weight is 696 g/mol. The minimum Gasteiger partial charge on any atom is -0.490 e. The number of hydrogen-bond donors (Lipinski definition) is 2. The smallest absolute Gasteiger partial charge is 0.410 e. The zero-order chi connectivity index (χ0) is 35.8. The summed E-state index contributed by atoms with van der Waals surface area (Å²) in [6.07, 6.45) is 5.40. The van der Waals surface area contributed by atoms with E-state index in [1.54, 1.807) is 39.0 Å². The van der Waals surface area contributed by atoms with Crippen LogP contribution >= 0.6 is 0 Å². The van der Waals surface area contributed by atoms with Gasteiger partial charge in [0.05, 0.1) is 35.5 Å². The normalized spacial score (nSPS) is 14.5. The topological polar surface area (TPSA) is 165 Å². The highest BCUT2D eigenvalue weighted by Crippen LogP contribution is 2.31. The summed E-state index contributed by atoms with van der Waals surface area (Å²) in [5.41, 5.74) is 2.49. The lowest BCUT2D eigenvalue weighted by Gasteiger charge is -2.29. The summed E-state index contributed by atoms with van der Waals surface area (Å²) in [4.78, 5) is 37.8. The molecular formula is C36H45N3O9S. The van der Waals surface area contributed by atoms with Crippen molar-refractivity contribution in [3.05, 3.63) is 93.5 Å². The fraction of sp³-hybridized carbons (Fsp3) is 0.444. The van der Waals surface area contributed by atoms with E-state index in [1.165, 1.54) is 29.2 Å². The molecule has 12 nitrogen and oxygen atoms in total. The van der Waals surface area contributed by atoms with Gasteiger partial charge in [-0.3, -0.25) is 14.9 Å². The van der Waals surface area contributed by atoms with Crippen LogP contribution in [0.5, 0.6) is 5.75 Å². The largest absolute Gasteiger partial charge is 0.490 e. The van der Waals surface area contributed by atoms with Crippen LogP contribution in [0.2, 0.25) is 0 Å². The number of sulfonamides is 1. The summed E-state index contributed by atoms with van der Waals surface area (Å²) in [6, 6.07) is 18.5. The highest BCUT2D eigenvalue weighted by Gasteiger charge is 2.25. The van der Waals surface area contributed by atoms with Gasteiger partial charge in [0.25, 0.3) is 11.6 Å². The molecule has 2 amide bonds. The van der Waals surface area contributed by atoms with Gasteiger partial charge in [0.1, 0.15) is 11.4 Å². The number of non-ortho nitro benzene ring substituents is 1. The van der Waals surface area contributed by atoms with Gasteiger partial charge in [-0.2, -0.15) is 0 Å². The number of rotatable bonds is 13. The number of carbonyl (C=O) groups excluding carboxylic acids is 2. The first-order valence-electron chi connectivity index (χ1n) is 16.4. The Morgan fingerprint density at radius 1 is 1.00 bits per heavy atom. The quantitative estimate of drug-likeness (QED) is 0.149. The van der Waals surface area contributed by atoms with Gasteiger partial charge in [-0.1, -0.05) is 36.8 Å². The highest BCUT2D eigenvalue weighted by molar-refractivity contribution is 7.89. The second-order valence-corrected chi connectivity index (χ2v) is 15.1. The Bertz CT molecular complexity index is 1710. The fourth-order valence-corrected chi connectivity index (χ4v) is 6.07. The minimum absolute atomic E-state index is 0.0465. The lowest BCUT2D eigenvalue weighted by molar-refractivity contribution is -0.384. The molecule has 4 rings (SSSR count). The number of nitro benzene ring substituents is 1. The van der Waals surface area contributed by atoms with E-state index in [9.17, 15) is 33.2 Å². The van der Waals surface area contributed by atoms with E-state index in [2.05, 4.69) is 0 Å². The Labute approximate surface area is 287 Å². The first-order valence-corrected chi connectivity index (χ1v) is 18.3. The predicted molar refractivity (Wildman–Crippen MR) is 186 cm³/mol. The molecule has 13 heteroatoms. The Hall–Kier alpha value is -4.49. The molecule has 2 N–H and O–H groups in total. The third kappa shape index (κ3) is 11.6. The molecular weight excluding hydrogens is 650 g/mol. The van der Waals surface area contributed by atoms with Crippen LogP contribution in [0.15, 0.2) is 66.7 Å². The molecule has 3 aromatic carbocycles. The van der Waals surface area contributed by atoms with Crippen LogP contribution in [-0.4, -0.2) is 66.4 Å². The van der Waals surface area contributed by atoms with Crippen molar-refractivity contribution in [3.63, 3.8) is 0 Å². The third-order valence-electron chi connectivity index (χ3n) is 8.06. The molecule has 0 aliphatic heterocycles. The molecule has 0 bridgehead atoms. The number of hydrogen-bond acceptors (Lipinski definition) is 9. The molecule has 1 aliphatic carbocycles. The van der Waals surface area contributed by atoms with Crippen LogP contribution in [0.25, 0.3) is 11.1 Å². The molecule has 1 fully saturated rings. The van der Waals surface area contributed by atoms with E-state index in [0.29, 0.717) is 30.7 Å². The summed E-state index contributed by atoms with van der Waals surface area (Å²) in [5.74, 6) is -0.399. The SMILES string of the molecule is CC(C)(C)OC(=O)N(CCCc1ccc(-c2ccc(C(=O)NS(C)(=O)=O)c(OC3CCCCC3)c2)cc1)C[C@H](O)c1ccc([N+](=O)[O-])cc1. The van der Waals surface area contributed by atoms with E-state index >= 15 is 0 Å². The van der Waals surface area contributed by atoms with Crippen LogP contribution < -0.4 is 9.46 Å². The number of benzene rings is 3. The van der Waals surface area contributed by atoms with Gasteiger partial charge in [0, 0.05) is 18.7 Å². The van der Waals surface area contributed by atoms with Crippen LogP contribution in [0.3, 0.4) is 0 Å². The number of ether oxygens (including phenoxy) is 2. The van der Waals surface area contributed by atoms with E-state index in [4.69, 9.17) is 9.47 Å². The molecule has 1 saturated carbocycles. The van der Waals surface area contributed by atoms with Crippen molar-refractivity contribution in [3.8, 4) is 16.9 Å². The molecule has 0 aromatic heterocycles. The number of amides is 2. The molecule has 0 spiro atoms. The first kappa shape index (κ1) is 37.3. The standard InChI is InChI=1S/C36H45N3O9S/c1-36(2,3)48-35(42)38(24-32(40)27-16-19-29(20-17-27)39(43)44)22-8-9-25-12-14-26(15-13-25)28-18-21-31(34(41)37-49(4,45)46)33(23-28)47-30-10-6-5-7-11-30/h12-21,23,30,32,40H,5-11,22,24H2,1-4H3,(H,37,41)/t32-/m0/s1. The molecule has 1 atom stereocenters. The van der Waals surface area contributed by atoms with E-state index in [0.717, 1.165) is 55.1 Å². The van der Waals surface area contributed by atoms with Crippen molar-refractivity contribution in [1.29, 1.82) is 0 Å². The van der Waals surface area contributed by atoms with Crippen molar-refractivity contribution in [2.45, 2.75) is 83.5 Å². The Kier molecular flexibility index (Phi) is 12.4. The van der Waals surface area contributed by atoms with Crippen molar-refractivity contribution >= 4 is 27.7 Å². The summed E-state index contributed by atoms with van der Waals surface area (Å²) in [6.45, 7) is 5.55. The number of nitrogens with one attached hydrogen (secondary N) is 1. The number of nitrogens with zero attached hydrogens (tertiary/aromatic N) is 2. The second-order valence-electron chi connectivity index (χ2n) is 13.4. The highest BCUT2D eigenvalue weighted by atomic mass is 32.2. The molecule has 264 valence electrons. The van der Waals surface area contributed by atoms with Gasteiger partial charge >= 0.3 is 6.09 Å². The molecule has 1 aliphatic rings. The number of aliphatic hydroxyl groups excluding tert-OH is 1. The lowest BCUT2D eigenvalue weighted by Crippen LogP contribution is -2.40. The lowest BCUT2D eigenvalue weighted by atomic mass is 9.97. The van der Waals surface area contributed by atoms with E-state index < -0.39 is 38.7 Å². The zero-order valence-corrected chi connectivity index (χ0v) is 29.2. The maximum absolute atomic E-state index is 13.0. The predicted octanol–water partition coefficient (Wildman–Crippen LogP) is 6.57. The van der Waals surface area contributed by atoms with Gasteiger partial charge in [0.2, 0.25) is 10.0 Å². The molecule has 0 saturated heterocycles. The molecule has 0 heterocycles. The summed E-state index contributed by atoms with van der Waals surface area (Å²) in [7, 11) is -3.75. The van der Waals surface area contributed by atoms with Crippen molar-refractivity contribution < 1.29 is 37.5 Å². The summed E-state index contributed by atoms with van der Waals surface area (Å²) < 4.78 is 37.4. The fourth-order valence-electron chi connectivity index (χ4n) is 5.63. The number of nitro groups is 1. The van der Waals surface area contributed by atoms with E-state index in [-0.39, 0.29) is 23.9 Å². The number of carbonyl (C=O) groups is 2. The molecule has 0 unspecified atom stereocenters. The monoisotopic (exact) mass is 695 g/mol. The Balaban J connectivity index is 1.44. The van der Waals surface area contributed by atoms with E-state index in [1.807, 2.05) is 29.0 Å². The van der Waals surface area contributed by atoms with Gasteiger partial charge in [0.15, 0.2) is 0 Å². The van der Waals surface area contributed by atoms with Crippen LogP contribution in [0.1, 0.15) is 86.9 Å². The van der Waals surface area contributed by atoms with Crippen LogP contribution in [-0.2, 0) is 21.2 Å². The zero-order valence-electron chi connectivity index (χ0n) is 28.4. The van der Waals surface area contributed by atoms with Crippen LogP contribution in [0, 0.1) is 10.1 Å². The maximum Gasteiger partial charge on any atom is 0.410 e. The number of aryl methyl sites for hydroxylation is 1. The molecule has 0 radical (unpaired) electrons. The summed E-state index contributed by atoms with van der Waals surface area (Å²) >= 11 is 0. The maximum atomic E-state index is 13.0. The van der Waals surface area contributed by atoms with Crippen LogP contribution in [0.4, 0.5) is 10.5 Å². The van der Waals surface area contributed by atoms with Crippen molar-refractivity contribution in [1.82, 2.24) is 9.62 Å².